The van der Waals surface area contributed by atoms with Gasteiger partial charge in [0, 0.05) is 39.3 Å². The van der Waals surface area contributed by atoms with Crippen molar-refractivity contribution in [3.63, 3.8) is 0 Å². The van der Waals surface area contributed by atoms with Gasteiger partial charge in [-0.2, -0.15) is 0 Å². The van der Waals surface area contributed by atoms with Gasteiger partial charge in [-0.1, -0.05) is 13.8 Å². The summed E-state index contributed by atoms with van der Waals surface area (Å²) in [6, 6.07) is 0. The average molecular weight is 351 g/mol. The van der Waals surface area contributed by atoms with Crippen molar-refractivity contribution in [3.05, 3.63) is 0 Å². The molecule has 2 aliphatic rings. The molecule has 130 valence electrons. The molecule has 2 saturated heterocycles. The van der Waals surface area contributed by atoms with E-state index in [4.69, 9.17) is 23.2 Å². The number of hydrogen-bond donors (Lipinski definition) is 0. The third kappa shape index (κ3) is 5.22. The van der Waals surface area contributed by atoms with Crippen LogP contribution < -0.4 is 0 Å². The van der Waals surface area contributed by atoms with E-state index in [2.05, 4.69) is 33.4 Å². The molecule has 2 heterocycles. The fourth-order valence-corrected chi connectivity index (χ4v) is 4.22. The predicted octanol–water partition coefficient (Wildman–Crippen LogP) is 2.17. The van der Waals surface area contributed by atoms with Crippen LogP contribution in [0.4, 0.5) is 0 Å². The lowest BCUT2D eigenvalue weighted by molar-refractivity contribution is 0.102. The van der Waals surface area contributed by atoms with Gasteiger partial charge in [0.25, 0.3) is 0 Å². The fraction of sp³-hybridized carbons (Fsp3) is 1.00. The van der Waals surface area contributed by atoms with Crippen molar-refractivity contribution in [2.75, 3.05) is 65.4 Å². The Labute approximate surface area is 146 Å². The largest absolute Gasteiger partial charge is 0.302 e. The lowest BCUT2D eigenvalue weighted by Crippen LogP contribution is -2.52. The molecule has 2 bridgehead atoms. The smallest absolute Gasteiger partial charge is 0.115 e. The molecule has 2 aliphatic heterocycles. The van der Waals surface area contributed by atoms with E-state index in [1.807, 2.05) is 0 Å². The monoisotopic (exact) mass is 350 g/mol. The second-order valence-corrected chi connectivity index (χ2v) is 7.29. The van der Waals surface area contributed by atoms with Gasteiger partial charge in [0.1, 0.15) is 11.0 Å². The van der Waals surface area contributed by atoms with E-state index >= 15 is 0 Å². The zero-order chi connectivity index (χ0) is 15.9. The molecular weight excluding hydrogens is 319 g/mol. The molecule has 0 aromatic heterocycles. The second kappa shape index (κ2) is 9.65. The van der Waals surface area contributed by atoms with Crippen LogP contribution in [0.15, 0.2) is 0 Å². The summed E-state index contributed by atoms with van der Waals surface area (Å²) in [5, 5.41) is 0. The molecule has 0 saturated carbocycles. The quantitative estimate of drug-likeness (QED) is 0.558. The molecule has 4 atom stereocenters. The summed E-state index contributed by atoms with van der Waals surface area (Å²) in [5.74, 6) is 0. The summed E-state index contributed by atoms with van der Waals surface area (Å²) in [4.78, 5) is 9.87. The van der Waals surface area contributed by atoms with E-state index in [-0.39, 0.29) is 11.0 Å². The lowest BCUT2D eigenvalue weighted by atomic mass is 10.2. The summed E-state index contributed by atoms with van der Waals surface area (Å²) in [7, 11) is 0. The van der Waals surface area contributed by atoms with E-state index in [9.17, 15) is 0 Å². The van der Waals surface area contributed by atoms with Crippen molar-refractivity contribution in [1.82, 2.24) is 19.6 Å². The van der Waals surface area contributed by atoms with Crippen LogP contribution in [0.1, 0.15) is 26.7 Å². The minimum absolute atomic E-state index is 0.0940. The normalized spacial score (nSPS) is 37.1. The number of rotatable bonds is 2. The Morgan fingerprint density at radius 3 is 2.18 bits per heavy atom. The first-order chi connectivity index (χ1) is 10.7. The highest BCUT2D eigenvalue weighted by Gasteiger charge is 2.29. The summed E-state index contributed by atoms with van der Waals surface area (Å²) < 4.78 is 0. The van der Waals surface area contributed by atoms with Crippen LogP contribution in [0.5, 0.6) is 0 Å². The highest BCUT2D eigenvalue weighted by atomic mass is 35.5. The van der Waals surface area contributed by atoms with Gasteiger partial charge in [0.2, 0.25) is 0 Å². The summed E-state index contributed by atoms with van der Waals surface area (Å²) in [6.07, 6.45) is 2.35. The molecule has 0 radical (unpaired) electrons. The summed E-state index contributed by atoms with van der Waals surface area (Å²) in [6.45, 7) is 15.4. The second-order valence-electron chi connectivity index (χ2n) is 6.39. The van der Waals surface area contributed by atoms with Crippen LogP contribution in [0.3, 0.4) is 0 Å². The maximum atomic E-state index is 6.74. The van der Waals surface area contributed by atoms with Crippen molar-refractivity contribution in [2.45, 2.75) is 37.7 Å². The first-order valence-corrected chi connectivity index (χ1v) is 9.74. The van der Waals surface area contributed by atoms with Gasteiger partial charge < -0.3 is 9.80 Å². The van der Waals surface area contributed by atoms with Gasteiger partial charge in [-0.3, -0.25) is 9.80 Å². The maximum absolute atomic E-state index is 6.74. The number of fused-ring (bicyclic) bond motifs is 3. The zero-order valence-corrected chi connectivity index (χ0v) is 15.7. The molecule has 22 heavy (non-hydrogen) atoms. The Bertz CT molecular complexity index is 319. The van der Waals surface area contributed by atoms with Crippen molar-refractivity contribution in [1.29, 1.82) is 0 Å². The number of halogens is 2. The molecule has 0 spiro atoms. The minimum Gasteiger partial charge on any atom is -0.302 e. The fourth-order valence-electron chi connectivity index (χ4n) is 3.47. The van der Waals surface area contributed by atoms with Gasteiger partial charge in [-0.25, -0.2) is 0 Å². The molecule has 2 rings (SSSR count). The van der Waals surface area contributed by atoms with Gasteiger partial charge >= 0.3 is 0 Å². The van der Waals surface area contributed by atoms with Crippen LogP contribution in [-0.4, -0.2) is 96.0 Å². The number of likely N-dealkylation sites (N-methyl/N-ethyl adjacent to an activating group) is 2. The van der Waals surface area contributed by atoms with Gasteiger partial charge in [0.05, 0.1) is 0 Å². The van der Waals surface area contributed by atoms with Crippen LogP contribution in [0, 0.1) is 0 Å². The van der Waals surface area contributed by atoms with E-state index in [1.165, 1.54) is 32.5 Å². The Hall–Kier alpha value is 0.420. The first kappa shape index (κ1) is 18.8. The molecule has 0 amide bonds. The molecular formula is C16H32Cl2N4. The van der Waals surface area contributed by atoms with Crippen molar-refractivity contribution < 1.29 is 0 Å². The van der Waals surface area contributed by atoms with Crippen LogP contribution in [0.2, 0.25) is 0 Å². The highest BCUT2D eigenvalue weighted by Crippen LogP contribution is 2.21. The van der Waals surface area contributed by atoms with Crippen LogP contribution in [-0.2, 0) is 0 Å². The Balaban J connectivity index is 2.10. The van der Waals surface area contributed by atoms with Gasteiger partial charge in [-0.05, 0) is 39.0 Å². The van der Waals surface area contributed by atoms with E-state index in [0.29, 0.717) is 0 Å². The lowest BCUT2D eigenvalue weighted by Gasteiger charge is -2.40. The zero-order valence-electron chi connectivity index (χ0n) is 14.2. The SMILES string of the molecule is CCN1CCCN2CCN(CCCN(CC)C(Cl)C2Cl)CC1. The summed E-state index contributed by atoms with van der Waals surface area (Å²) in [5.41, 5.74) is -0.195. The van der Waals surface area contributed by atoms with Gasteiger partial charge in [0.15, 0.2) is 0 Å². The molecule has 4 unspecified atom stereocenters. The summed E-state index contributed by atoms with van der Waals surface area (Å²) >= 11 is 13.4. The van der Waals surface area contributed by atoms with E-state index in [0.717, 1.165) is 45.8 Å². The molecule has 0 aromatic rings. The third-order valence-corrected chi connectivity index (χ3v) is 6.21. The molecule has 0 aliphatic carbocycles. The van der Waals surface area contributed by atoms with Crippen molar-refractivity contribution >= 4 is 23.2 Å². The van der Waals surface area contributed by atoms with E-state index in [1.54, 1.807) is 0 Å². The topological polar surface area (TPSA) is 13.0 Å². The Morgan fingerprint density at radius 1 is 0.727 bits per heavy atom. The van der Waals surface area contributed by atoms with Crippen molar-refractivity contribution in [2.24, 2.45) is 0 Å². The molecule has 2 fully saturated rings. The Morgan fingerprint density at radius 2 is 1.45 bits per heavy atom. The highest BCUT2D eigenvalue weighted by molar-refractivity contribution is 6.29. The van der Waals surface area contributed by atoms with Crippen molar-refractivity contribution in [3.8, 4) is 0 Å². The number of hydrogen-bond acceptors (Lipinski definition) is 4. The third-order valence-electron chi connectivity index (χ3n) is 5.05. The van der Waals surface area contributed by atoms with Gasteiger partial charge in [-0.15, -0.1) is 23.2 Å². The first-order valence-electron chi connectivity index (χ1n) is 8.86. The van der Waals surface area contributed by atoms with Crippen LogP contribution >= 0.6 is 23.2 Å². The average Bonchev–Trinajstić information content (AvgIpc) is 2.54. The molecule has 6 heteroatoms. The number of nitrogens with zero attached hydrogens (tertiary/aromatic N) is 4. The Kier molecular flexibility index (Phi) is 8.23. The minimum atomic E-state index is -0.101. The predicted molar refractivity (Wildman–Crippen MR) is 95.9 cm³/mol. The molecule has 4 nitrogen and oxygen atoms in total. The molecule has 0 aromatic carbocycles. The maximum Gasteiger partial charge on any atom is 0.115 e. The van der Waals surface area contributed by atoms with E-state index < -0.39 is 0 Å². The van der Waals surface area contributed by atoms with Crippen LogP contribution in [0.25, 0.3) is 0 Å². The molecule has 0 N–H and O–H groups in total. The standard InChI is InChI=1S/C16H32Cl2N4/c1-3-19-7-5-10-22-14-13-20(12-11-19)8-6-9-21(4-2)15(17)16(22)18/h15-16H,3-14H2,1-2H3. The number of alkyl halides is 2.